The van der Waals surface area contributed by atoms with E-state index in [4.69, 9.17) is 10.5 Å². The molecule has 2 N–H and O–H groups in total. The predicted molar refractivity (Wildman–Crippen MR) is 118 cm³/mol. The summed E-state index contributed by atoms with van der Waals surface area (Å²) in [6.45, 7) is 1.58. The zero-order valence-electron chi connectivity index (χ0n) is 16.6. The normalized spacial score (nSPS) is 10.8. The maximum absolute atomic E-state index is 6.08. The lowest BCUT2D eigenvalue weighted by atomic mass is 10.2. The fraction of sp³-hybridized carbons (Fsp3) is 0.217. The predicted octanol–water partition coefficient (Wildman–Crippen LogP) is 3.30. The van der Waals surface area contributed by atoms with Crippen LogP contribution in [0.25, 0.3) is 21.9 Å². The van der Waals surface area contributed by atoms with E-state index >= 15 is 0 Å². The maximum Gasteiger partial charge on any atom is 0.152 e. The second-order valence-corrected chi connectivity index (χ2v) is 6.95. The summed E-state index contributed by atoms with van der Waals surface area (Å²) in [6, 6.07) is 16.1. The Hall–Kier alpha value is -3.56. The molecule has 0 aliphatic rings. The Morgan fingerprint density at radius 1 is 1.14 bits per heavy atom. The molecular weight excluding hydrogens is 362 g/mol. The SMILES string of the molecule is CN(C)c1cccc(C#CCOCCn2cnc3c(N)nc4ccccc4c32)c1. The standard InChI is InChI=1S/C23H23N5O/c1-27(2)18-9-5-7-17(15-18)8-6-13-29-14-12-28-16-25-21-22(28)19-10-3-4-11-20(19)26-23(21)24/h3-5,7,9-11,15-16H,12-14H2,1-2H3,(H2,24,26). The third kappa shape index (κ3) is 4.00. The molecule has 0 aliphatic heterocycles. The number of imidazole rings is 1. The van der Waals surface area contributed by atoms with Crippen LogP contribution >= 0.6 is 0 Å². The third-order valence-corrected chi connectivity index (χ3v) is 4.73. The second kappa shape index (κ2) is 8.21. The molecule has 146 valence electrons. The van der Waals surface area contributed by atoms with Crippen molar-refractivity contribution in [2.45, 2.75) is 6.54 Å². The maximum atomic E-state index is 6.08. The van der Waals surface area contributed by atoms with Gasteiger partial charge < -0.3 is 19.9 Å². The Labute approximate surface area is 169 Å². The summed E-state index contributed by atoms with van der Waals surface area (Å²) in [7, 11) is 4.03. The third-order valence-electron chi connectivity index (χ3n) is 4.73. The highest BCUT2D eigenvalue weighted by molar-refractivity contribution is 6.06. The van der Waals surface area contributed by atoms with Gasteiger partial charge in [0.05, 0.1) is 24.0 Å². The first-order chi connectivity index (χ1) is 14.1. The van der Waals surface area contributed by atoms with Gasteiger partial charge in [0.2, 0.25) is 0 Å². The van der Waals surface area contributed by atoms with E-state index in [0.29, 0.717) is 25.6 Å². The van der Waals surface area contributed by atoms with Gasteiger partial charge in [-0.25, -0.2) is 9.97 Å². The van der Waals surface area contributed by atoms with E-state index < -0.39 is 0 Å². The molecule has 0 radical (unpaired) electrons. The van der Waals surface area contributed by atoms with Crippen LogP contribution < -0.4 is 10.6 Å². The van der Waals surface area contributed by atoms with Crippen molar-refractivity contribution in [1.82, 2.24) is 14.5 Å². The fourth-order valence-electron chi connectivity index (χ4n) is 3.26. The van der Waals surface area contributed by atoms with Crippen LogP contribution in [0, 0.1) is 11.8 Å². The van der Waals surface area contributed by atoms with Crippen LogP contribution in [0.3, 0.4) is 0 Å². The number of anilines is 2. The number of benzene rings is 2. The Kier molecular flexibility index (Phi) is 5.32. The van der Waals surface area contributed by atoms with Gasteiger partial charge in [-0.1, -0.05) is 36.1 Å². The van der Waals surface area contributed by atoms with Gasteiger partial charge in [-0.05, 0) is 24.3 Å². The molecule has 6 heteroatoms. The zero-order valence-corrected chi connectivity index (χ0v) is 16.6. The molecule has 4 aromatic rings. The van der Waals surface area contributed by atoms with E-state index in [0.717, 1.165) is 33.2 Å². The van der Waals surface area contributed by atoms with Crippen LogP contribution in [0.2, 0.25) is 0 Å². The molecule has 0 saturated carbocycles. The highest BCUT2D eigenvalue weighted by Gasteiger charge is 2.11. The summed E-state index contributed by atoms with van der Waals surface area (Å²) in [5.41, 5.74) is 10.8. The number of aromatic nitrogens is 3. The minimum atomic E-state index is 0.378. The lowest BCUT2D eigenvalue weighted by molar-refractivity contribution is 0.158. The van der Waals surface area contributed by atoms with Gasteiger partial charge in [-0.15, -0.1) is 0 Å². The first-order valence-electron chi connectivity index (χ1n) is 9.46. The van der Waals surface area contributed by atoms with Crippen LogP contribution in [-0.2, 0) is 11.3 Å². The van der Waals surface area contributed by atoms with Crippen LogP contribution in [-0.4, -0.2) is 41.8 Å². The van der Waals surface area contributed by atoms with Crippen molar-refractivity contribution in [3.63, 3.8) is 0 Å². The minimum absolute atomic E-state index is 0.378. The van der Waals surface area contributed by atoms with Crippen molar-refractivity contribution in [2.75, 3.05) is 37.9 Å². The topological polar surface area (TPSA) is 69.2 Å². The number of pyridine rings is 1. The van der Waals surface area contributed by atoms with Gasteiger partial charge in [-0.2, -0.15) is 0 Å². The molecule has 0 atom stereocenters. The van der Waals surface area contributed by atoms with E-state index in [1.807, 2.05) is 50.5 Å². The van der Waals surface area contributed by atoms with Crippen molar-refractivity contribution in [3.8, 4) is 11.8 Å². The van der Waals surface area contributed by atoms with Crippen LogP contribution in [0.5, 0.6) is 0 Å². The monoisotopic (exact) mass is 385 g/mol. The number of nitrogens with zero attached hydrogens (tertiary/aromatic N) is 4. The molecule has 2 aromatic heterocycles. The summed E-state index contributed by atoms with van der Waals surface area (Å²) in [5, 5.41) is 1.04. The van der Waals surface area contributed by atoms with Gasteiger partial charge in [0.15, 0.2) is 5.82 Å². The molecule has 2 aromatic carbocycles. The highest BCUT2D eigenvalue weighted by atomic mass is 16.5. The number of nitrogens with two attached hydrogens (primary N) is 1. The molecule has 4 rings (SSSR count). The van der Waals surface area contributed by atoms with E-state index in [2.05, 4.69) is 43.4 Å². The summed E-state index contributed by atoms with van der Waals surface area (Å²) in [5.74, 6) is 6.68. The minimum Gasteiger partial charge on any atom is -0.382 e. The van der Waals surface area contributed by atoms with Gasteiger partial charge in [0.1, 0.15) is 12.1 Å². The van der Waals surface area contributed by atoms with E-state index in [1.54, 1.807) is 6.33 Å². The van der Waals surface area contributed by atoms with Crippen molar-refractivity contribution in [3.05, 3.63) is 60.4 Å². The Morgan fingerprint density at radius 2 is 2.00 bits per heavy atom. The molecule has 29 heavy (non-hydrogen) atoms. The van der Waals surface area contributed by atoms with Crippen molar-refractivity contribution in [2.24, 2.45) is 0 Å². The average Bonchev–Trinajstić information content (AvgIpc) is 3.16. The number of para-hydroxylation sites is 1. The first kappa shape index (κ1) is 18.8. The van der Waals surface area contributed by atoms with Crippen LogP contribution in [0.1, 0.15) is 5.56 Å². The number of hydrogen-bond acceptors (Lipinski definition) is 5. The van der Waals surface area contributed by atoms with E-state index in [9.17, 15) is 0 Å². The van der Waals surface area contributed by atoms with E-state index in [1.165, 1.54) is 0 Å². The molecular formula is C23H23N5O. The van der Waals surface area contributed by atoms with Crippen LogP contribution in [0.4, 0.5) is 11.5 Å². The summed E-state index contributed by atoms with van der Waals surface area (Å²) >= 11 is 0. The van der Waals surface area contributed by atoms with Crippen molar-refractivity contribution >= 4 is 33.4 Å². The first-order valence-corrected chi connectivity index (χ1v) is 9.46. The number of nitrogen functional groups attached to an aromatic ring is 1. The second-order valence-electron chi connectivity index (χ2n) is 6.95. The van der Waals surface area contributed by atoms with Gasteiger partial charge in [0, 0.05) is 37.3 Å². The number of hydrogen-bond donors (Lipinski definition) is 1. The summed E-state index contributed by atoms with van der Waals surface area (Å²) in [6.07, 6.45) is 1.79. The van der Waals surface area contributed by atoms with Crippen molar-refractivity contribution < 1.29 is 4.74 Å². The molecule has 0 spiro atoms. The molecule has 2 heterocycles. The Bertz CT molecular complexity index is 1220. The highest BCUT2D eigenvalue weighted by Crippen LogP contribution is 2.26. The average molecular weight is 385 g/mol. The fourth-order valence-corrected chi connectivity index (χ4v) is 3.26. The smallest absolute Gasteiger partial charge is 0.152 e. The van der Waals surface area contributed by atoms with Gasteiger partial charge in [-0.3, -0.25) is 0 Å². The van der Waals surface area contributed by atoms with Crippen molar-refractivity contribution in [1.29, 1.82) is 0 Å². The molecule has 0 saturated heterocycles. The lowest BCUT2D eigenvalue weighted by Gasteiger charge is -2.11. The Morgan fingerprint density at radius 3 is 2.86 bits per heavy atom. The largest absolute Gasteiger partial charge is 0.382 e. The molecule has 0 aliphatic carbocycles. The molecule has 0 unspecified atom stereocenters. The van der Waals surface area contributed by atoms with Crippen LogP contribution in [0.15, 0.2) is 54.9 Å². The van der Waals surface area contributed by atoms with E-state index in [-0.39, 0.29) is 0 Å². The summed E-state index contributed by atoms with van der Waals surface area (Å²) in [4.78, 5) is 10.9. The van der Waals surface area contributed by atoms with Gasteiger partial charge in [0.25, 0.3) is 0 Å². The molecule has 0 fully saturated rings. The number of ether oxygens (including phenoxy) is 1. The lowest BCUT2D eigenvalue weighted by Crippen LogP contribution is -2.08. The number of fused-ring (bicyclic) bond motifs is 3. The summed E-state index contributed by atoms with van der Waals surface area (Å²) < 4.78 is 7.78. The zero-order chi connectivity index (χ0) is 20.2. The molecule has 6 nitrogen and oxygen atoms in total. The Balaban J connectivity index is 1.41. The quantitative estimate of drug-likeness (QED) is 0.422. The molecule has 0 amide bonds. The number of rotatable bonds is 5. The molecule has 0 bridgehead atoms. The van der Waals surface area contributed by atoms with Gasteiger partial charge >= 0.3 is 0 Å².